The zero-order valence-electron chi connectivity index (χ0n) is 19.3. The van der Waals surface area contributed by atoms with Crippen molar-refractivity contribution in [1.82, 2.24) is 4.98 Å². The first-order valence-electron chi connectivity index (χ1n) is 11.5. The Kier molecular flexibility index (Phi) is 13.2. The second-order valence-corrected chi connectivity index (χ2v) is 8.58. The Morgan fingerprint density at radius 2 is 1.67 bits per heavy atom. The molecule has 2 aromatic rings. The normalized spacial score (nSPS) is 10.9. The number of benzene rings is 1. The third-order valence-electron chi connectivity index (χ3n) is 4.78. The van der Waals surface area contributed by atoms with Crippen molar-refractivity contribution in [3.63, 3.8) is 0 Å². The molecule has 1 heterocycles. The highest BCUT2D eigenvalue weighted by Crippen LogP contribution is 2.25. The number of carbonyl (C=O) groups excluding carboxylic acids is 2. The largest absolute Gasteiger partial charge is 0.379 e. The van der Waals surface area contributed by atoms with Gasteiger partial charge in [0.05, 0.1) is 36.6 Å². The van der Waals surface area contributed by atoms with Crippen molar-refractivity contribution in [2.24, 2.45) is 0 Å². The van der Waals surface area contributed by atoms with Crippen LogP contribution in [-0.2, 0) is 23.8 Å². The van der Waals surface area contributed by atoms with Crippen LogP contribution in [0.15, 0.2) is 18.2 Å². The van der Waals surface area contributed by atoms with Gasteiger partial charge in [0.1, 0.15) is 11.9 Å². The minimum Gasteiger partial charge on any atom is -0.379 e. The molecular weight excluding hydrogens is 442 g/mol. The van der Waals surface area contributed by atoms with Gasteiger partial charge in [0.2, 0.25) is 5.91 Å². The summed E-state index contributed by atoms with van der Waals surface area (Å²) in [7, 11) is 0. The van der Waals surface area contributed by atoms with Gasteiger partial charge in [-0.05, 0) is 37.5 Å². The van der Waals surface area contributed by atoms with Crippen LogP contribution in [0.4, 0.5) is 5.69 Å². The molecule has 0 atom stereocenters. The number of aromatic nitrogens is 1. The molecule has 2 rings (SSSR count). The van der Waals surface area contributed by atoms with Crippen LogP contribution >= 0.6 is 11.3 Å². The first kappa shape index (κ1) is 26.9. The van der Waals surface area contributed by atoms with Crippen molar-refractivity contribution in [2.45, 2.75) is 51.9 Å². The molecule has 0 fully saturated rings. The number of nitrogens with one attached hydrogen (secondary N) is 1. The van der Waals surface area contributed by atoms with Crippen LogP contribution < -0.4 is 5.32 Å². The minimum absolute atomic E-state index is 0.0770. The van der Waals surface area contributed by atoms with Crippen LogP contribution in [-0.4, -0.2) is 56.3 Å². The molecule has 1 aromatic carbocycles. The Labute approximate surface area is 199 Å². The van der Waals surface area contributed by atoms with Gasteiger partial charge in [0, 0.05) is 38.2 Å². The molecule has 0 unspecified atom stereocenters. The highest BCUT2D eigenvalue weighted by Gasteiger charge is 2.09. The molecule has 8 nitrogen and oxygen atoms in total. The summed E-state index contributed by atoms with van der Waals surface area (Å²) in [4.78, 5) is 28.3. The number of hydrogen-bond acceptors (Lipinski definition) is 8. The fourth-order valence-corrected chi connectivity index (χ4v) is 3.77. The first-order valence-corrected chi connectivity index (χ1v) is 12.3. The summed E-state index contributed by atoms with van der Waals surface area (Å²) >= 11 is 1.28. The number of unbranched alkanes of at least 4 members (excludes halogenated alkanes) is 2. The molecule has 180 valence electrons. The van der Waals surface area contributed by atoms with E-state index in [0.29, 0.717) is 50.2 Å². The molecule has 1 aromatic heterocycles. The van der Waals surface area contributed by atoms with Gasteiger partial charge in [-0.3, -0.25) is 9.59 Å². The number of hydrogen-bond donors (Lipinski definition) is 1. The number of nitriles is 1. The lowest BCUT2D eigenvalue weighted by atomic mass is 10.1. The van der Waals surface area contributed by atoms with Gasteiger partial charge < -0.3 is 19.5 Å². The van der Waals surface area contributed by atoms with Gasteiger partial charge in [-0.15, -0.1) is 11.3 Å². The van der Waals surface area contributed by atoms with Crippen LogP contribution in [0.5, 0.6) is 0 Å². The Morgan fingerprint density at radius 1 is 0.970 bits per heavy atom. The molecule has 1 N–H and O–H groups in total. The zero-order valence-corrected chi connectivity index (χ0v) is 20.1. The van der Waals surface area contributed by atoms with Crippen LogP contribution in [0.1, 0.15) is 56.9 Å². The standard InChI is InChI=1S/C24H33N3O5S/c1-2-3-11-30-13-15-32-16-14-31-12-5-4-6-20(28)8-10-23(29)26-19-7-9-21-22(17-19)33-24(18-25)27-21/h7,9,17H,2-6,8,10-16H2,1H3,(H,26,29). The summed E-state index contributed by atoms with van der Waals surface area (Å²) in [6, 6.07) is 7.33. The Bertz CT molecular complexity index is 909. The van der Waals surface area contributed by atoms with Gasteiger partial charge in [-0.2, -0.15) is 5.26 Å². The third-order valence-corrected chi connectivity index (χ3v) is 5.70. The van der Waals surface area contributed by atoms with Crippen LogP contribution in [0.2, 0.25) is 0 Å². The van der Waals surface area contributed by atoms with Crippen LogP contribution in [0, 0.1) is 11.3 Å². The summed E-state index contributed by atoms with van der Waals surface area (Å²) < 4.78 is 17.2. The lowest BCUT2D eigenvalue weighted by Gasteiger charge is -2.07. The minimum atomic E-state index is -0.202. The third kappa shape index (κ3) is 11.3. The van der Waals surface area contributed by atoms with Crippen molar-refractivity contribution in [3.05, 3.63) is 23.2 Å². The zero-order chi connectivity index (χ0) is 23.7. The second kappa shape index (κ2) is 16.3. The lowest BCUT2D eigenvalue weighted by Crippen LogP contribution is -2.13. The molecule has 0 saturated heterocycles. The number of amides is 1. The fraction of sp³-hybridized carbons (Fsp3) is 0.583. The summed E-state index contributed by atoms with van der Waals surface area (Å²) in [5.74, 6) is -0.125. The number of rotatable bonds is 18. The van der Waals surface area contributed by atoms with Crippen molar-refractivity contribution >= 4 is 38.9 Å². The highest BCUT2D eigenvalue weighted by molar-refractivity contribution is 7.19. The number of thiazole rings is 1. The quantitative estimate of drug-likeness (QED) is 0.317. The van der Waals surface area contributed by atoms with E-state index in [-0.39, 0.29) is 24.5 Å². The molecule has 0 radical (unpaired) electrons. The summed E-state index contributed by atoms with van der Waals surface area (Å²) in [5.41, 5.74) is 1.37. The number of anilines is 1. The summed E-state index contributed by atoms with van der Waals surface area (Å²) in [5, 5.41) is 12.1. The van der Waals surface area contributed by atoms with Gasteiger partial charge in [0.15, 0.2) is 5.01 Å². The van der Waals surface area contributed by atoms with Crippen molar-refractivity contribution in [2.75, 3.05) is 45.0 Å². The smallest absolute Gasteiger partial charge is 0.224 e. The van der Waals surface area contributed by atoms with E-state index >= 15 is 0 Å². The summed E-state index contributed by atoms with van der Waals surface area (Å²) in [6.45, 7) is 5.79. The summed E-state index contributed by atoms with van der Waals surface area (Å²) in [6.07, 6.45) is 4.59. The van der Waals surface area contributed by atoms with Crippen LogP contribution in [0.25, 0.3) is 10.2 Å². The number of ether oxygens (including phenoxy) is 3. The monoisotopic (exact) mass is 475 g/mol. The molecule has 0 saturated carbocycles. The van der Waals surface area contributed by atoms with E-state index in [1.807, 2.05) is 6.07 Å². The van der Waals surface area contributed by atoms with E-state index in [2.05, 4.69) is 17.2 Å². The van der Waals surface area contributed by atoms with Crippen LogP contribution in [0.3, 0.4) is 0 Å². The predicted molar refractivity (Wildman–Crippen MR) is 128 cm³/mol. The molecule has 9 heteroatoms. The number of nitrogens with zero attached hydrogens (tertiary/aromatic N) is 2. The molecule has 1 amide bonds. The average molecular weight is 476 g/mol. The van der Waals surface area contributed by atoms with E-state index in [9.17, 15) is 9.59 Å². The molecule has 33 heavy (non-hydrogen) atoms. The number of carbonyl (C=O) groups is 2. The van der Waals surface area contributed by atoms with Gasteiger partial charge >= 0.3 is 0 Å². The molecule has 0 aliphatic rings. The first-order chi connectivity index (χ1) is 16.1. The number of ketones is 1. The molecule has 0 bridgehead atoms. The highest BCUT2D eigenvalue weighted by atomic mass is 32.1. The Hall–Kier alpha value is -2.38. The van der Waals surface area contributed by atoms with E-state index < -0.39 is 0 Å². The van der Waals surface area contributed by atoms with Gasteiger partial charge in [-0.1, -0.05) is 13.3 Å². The fourth-order valence-electron chi connectivity index (χ4n) is 2.97. The molecule has 0 spiro atoms. The van der Waals surface area contributed by atoms with E-state index in [1.54, 1.807) is 18.2 Å². The van der Waals surface area contributed by atoms with Crippen molar-refractivity contribution in [1.29, 1.82) is 5.26 Å². The molecule has 0 aliphatic carbocycles. The number of Topliss-reactive ketones (excluding diaryl/α,β-unsaturated/α-hetero) is 1. The maximum atomic E-state index is 12.1. The maximum Gasteiger partial charge on any atom is 0.224 e. The average Bonchev–Trinajstić information content (AvgIpc) is 3.23. The Morgan fingerprint density at radius 3 is 2.36 bits per heavy atom. The van der Waals surface area contributed by atoms with Gasteiger partial charge in [-0.25, -0.2) is 4.98 Å². The SMILES string of the molecule is CCCCOCCOCCOCCCCC(=O)CCC(=O)Nc1ccc2nc(C#N)sc2c1. The lowest BCUT2D eigenvalue weighted by molar-refractivity contribution is -0.123. The predicted octanol–water partition coefficient (Wildman–Crippen LogP) is 4.48. The van der Waals surface area contributed by atoms with Crippen molar-refractivity contribution < 1.29 is 23.8 Å². The molecular formula is C24H33N3O5S. The van der Waals surface area contributed by atoms with E-state index in [4.69, 9.17) is 19.5 Å². The van der Waals surface area contributed by atoms with Gasteiger partial charge in [0.25, 0.3) is 0 Å². The molecule has 0 aliphatic heterocycles. The maximum absolute atomic E-state index is 12.1. The van der Waals surface area contributed by atoms with E-state index in [1.165, 1.54) is 11.3 Å². The van der Waals surface area contributed by atoms with E-state index in [0.717, 1.165) is 42.5 Å². The Balaban J connectivity index is 1.46. The number of fused-ring (bicyclic) bond motifs is 1. The topological polar surface area (TPSA) is 111 Å². The van der Waals surface area contributed by atoms with Crippen molar-refractivity contribution in [3.8, 4) is 6.07 Å². The second-order valence-electron chi connectivity index (χ2n) is 7.55.